The van der Waals surface area contributed by atoms with Crippen molar-refractivity contribution >= 4 is 11.3 Å². The zero-order chi connectivity index (χ0) is 8.60. The summed E-state index contributed by atoms with van der Waals surface area (Å²) < 4.78 is 0. The number of nitrogens with zero attached hydrogens (tertiary/aromatic N) is 1. The van der Waals surface area contributed by atoms with Crippen molar-refractivity contribution in [3.63, 3.8) is 0 Å². The van der Waals surface area contributed by atoms with Crippen LogP contribution in [-0.4, -0.2) is 0 Å². The van der Waals surface area contributed by atoms with Gasteiger partial charge in [-0.3, -0.25) is 0 Å². The fraction of sp³-hybridized carbons (Fsp3) is 0.444. The molecule has 0 aliphatic heterocycles. The van der Waals surface area contributed by atoms with Crippen molar-refractivity contribution in [2.75, 3.05) is 0 Å². The molecule has 0 radical (unpaired) electrons. The predicted octanol–water partition coefficient (Wildman–Crippen LogP) is 1.96. The van der Waals surface area contributed by atoms with E-state index in [1.807, 2.05) is 11.4 Å². The molecule has 3 heteroatoms. The van der Waals surface area contributed by atoms with Gasteiger partial charge < -0.3 is 5.73 Å². The van der Waals surface area contributed by atoms with Gasteiger partial charge in [-0.05, 0) is 25.3 Å². The predicted molar refractivity (Wildman–Crippen MR) is 48.8 cm³/mol. The summed E-state index contributed by atoms with van der Waals surface area (Å²) in [6.07, 6.45) is 3.35. The molecular weight excluding hydrogens is 168 g/mol. The lowest BCUT2D eigenvalue weighted by atomic mass is 9.76. The maximum absolute atomic E-state index is 8.62. The monoisotopic (exact) mass is 178 g/mol. The molecule has 0 aromatic carbocycles. The second kappa shape index (κ2) is 2.58. The lowest BCUT2D eigenvalue weighted by molar-refractivity contribution is 0.259. The Balaban J connectivity index is 2.29. The summed E-state index contributed by atoms with van der Waals surface area (Å²) in [5.74, 6) is 0. The van der Waals surface area contributed by atoms with Crippen molar-refractivity contribution < 1.29 is 0 Å². The molecule has 0 amide bonds. The Labute approximate surface area is 75.6 Å². The number of thiophene rings is 1. The average molecular weight is 178 g/mol. The number of rotatable bonds is 1. The van der Waals surface area contributed by atoms with Gasteiger partial charge in [-0.15, -0.1) is 11.3 Å². The van der Waals surface area contributed by atoms with Gasteiger partial charge in [-0.25, -0.2) is 0 Å². The number of hydrogen-bond acceptors (Lipinski definition) is 3. The summed E-state index contributed by atoms with van der Waals surface area (Å²) >= 11 is 1.61. The molecule has 1 heterocycles. The first-order valence-electron chi connectivity index (χ1n) is 4.03. The van der Waals surface area contributed by atoms with E-state index in [0.717, 1.165) is 18.4 Å². The van der Waals surface area contributed by atoms with E-state index in [2.05, 4.69) is 6.07 Å². The highest BCUT2D eigenvalue weighted by molar-refractivity contribution is 7.10. The topological polar surface area (TPSA) is 49.8 Å². The fourth-order valence-corrected chi connectivity index (χ4v) is 2.47. The van der Waals surface area contributed by atoms with E-state index < -0.39 is 0 Å². The molecule has 12 heavy (non-hydrogen) atoms. The van der Waals surface area contributed by atoms with Crippen LogP contribution in [0.25, 0.3) is 0 Å². The van der Waals surface area contributed by atoms with E-state index in [1.54, 1.807) is 11.3 Å². The van der Waals surface area contributed by atoms with E-state index >= 15 is 0 Å². The minimum absolute atomic E-state index is 0.0975. The van der Waals surface area contributed by atoms with Crippen molar-refractivity contribution in [3.05, 3.63) is 21.9 Å². The summed E-state index contributed by atoms with van der Waals surface area (Å²) in [7, 11) is 0. The number of nitrogens with two attached hydrogens (primary N) is 1. The van der Waals surface area contributed by atoms with Crippen LogP contribution in [-0.2, 0) is 5.54 Å². The zero-order valence-electron chi connectivity index (χ0n) is 6.71. The van der Waals surface area contributed by atoms with E-state index in [9.17, 15) is 0 Å². The van der Waals surface area contributed by atoms with E-state index in [-0.39, 0.29) is 5.54 Å². The summed E-state index contributed by atoms with van der Waals surface area (Å²) in [6, 6.07) is 4.04. The number of nitriles is 1. The average Bonchev–Trinajstić information content (AvgIpc) is 2.48. The third kappa shape index (κ3) is 1.04. The van der Waals surface area contributed by atoms with Crippen LogP contribution in [0.1, 0.15) is 29.7 Å². The Morgan fingerprint density at radius 3 is 2.75 bits per heavy atom. The molecule has 1 aliphatic rings. The molecule has 2 N–H and O–H groups in total. The van der Waals surface area contributed by atoms with Gasteiger partial charge in [-0.2, -0.15) is 5.26 Å². The van der Waals surface area contributed by atoms with Gasteiger partial charge in [0.1, 0.15) is 6.07 Å². The quantitative estimate of drug-likeness (QED) is 0.714. The SMILES string of the molecule is N#Cc1csc(C2(N)CCC2)c1. The van der Waals surface area contributed by atoms with Gasteiger partial charge in [0.2, 0.25) is 0 Å². The molecule has 1 saturated carbocycles. The van der Waals surface area contributed by atoms with Crippen molar-refractivity contribution in [3.8, 4) is 6.07 Å². The molecular formula is C9H10N2S. The molecule has 0 saturated heterocycles. The molecule has 0 spiro atoms. The van der Waals surface area contributed by atoms with Crippen LogP contribution in [0.15, 0.2) is 11.4 Å². The van der Waals surface area contributed by atoms with Crippen LogP contribution in [0.5, 0.6) is 0 Å². The maximum Gasteiger partial charge on any atom is 0.100 e. The highest BCUT2D eigenvalue weighted by Crippen LogP contribution is 2.41. The van der Waals surface area contributed by atoms with Crippen LogP contribution in [0.2, 0.25) is 0 Å². The first-order chi connectivity index (χ1) is 5.74. The smallest absolute Gasteiger partial charge is 0.100 e. The largest absolute Gasteiger partial charge is 0.321 e. The van der Waals surface area contributed by atoms with Crippen LogP contribution < -0.4 is 5.73 Å². The summed E-state index contributed by atoms with van der Waals surface area (Å²) in [4.78, 5) is 1.17. The molecule has 62 valence electrons. The Hall–Kier alpha value is -0.850. The fourth-order valence-electron chi connectivity index (χ4n) is 1.46. The lowest BCUT2D eigenvalue weighted by Gasteiger charge is -2.37. The summed E-state index contributed by atoms with van der Waals surface area (Å²) in [5, 5.41) is 10.5. The molecule has 1 aromatic heterocycles. The minimum Gasteiger partial charge on any atom is -0.321 e. The normalized spacial score (nSPS) is 19.7. The molecule has 2 nitrogen and oxygen atoms in total. The third-order valence-electron chi connectivity index (χ3n) is 2.47. The minimum atomic E-state index is -0.0975. The molecule has 1 fully saturated rings. The van der Waals surface area contributed by atoms with Crippen LogP contribution >= 0.6 is 11.3 Å². The summed E-state index contributed by atoms with van der Waals surface area (Å²) in [6.45, 7) is 0. The van der Waals surface area contributed by atoms with Crippen LogP contribution in [0, 0.1) is 11.3 Å². The lowest BCUT2D eigenvalue weighted by Crippen LogP contribution is -2.42. The van der Waals surface area contributed by atoms with E-state index in [4.69, 9.17) is 11.0 Å². The molecule has 1 aromatic rings. The second-order valence-electron chi connectivity index (χ2n) is 3.32. The Kier molecular flexibility index (Phi) is 1.67. The van der Waals surface area contributed by atoms with Crippen LogP contribution in [0.4, 0.5) is 0 Å². The Morgan fingerprint density at radius 1 is 1.58 bits per heavy atom. The van der Waals surface area contributed by atoms with Crippen molar-refractivity contribution in [2.24, 2.45) is 5.73 Å². The molecule has 0 atom stereocenters. The van der Waals surface area contributed by atoms with Crippen molar-refractivity contribution in [1.82, 2.24) is 0 Å². The molecule has 0 unspecified atom stereocenters. The standard InChI is InChI=1S/C9H10N2S/c10-5-7-4-8(12-6-7)9(11)2-1-3-9/h4,6H,1-3,11H2. The summed E-state index contributed by atoms with van der Waals surface area (Å²) in [5.41, 5.74) is 6.74. The van der Waals surface area contributed by atoms with E-state index in [0.29, 0.717) is 0 Å². The Bertz CT molecular complexity index is 331. The van der Waals surface area contributed by atoms with Gasteiger partial charge in [-0.1, -0.05) is 0 Å². The van der Waals surface area contributed by atoms with Gasteiger partial charge in [0.25, 0.3) is 0 Å². The van der Waals surface area contributed by atoms with Crippen molar-refractivity contribution in [1.29, 1.82) is 5.26 Å². The molecule has 2 rings (SSSR count). The highest BCUT2D eigenvalue weighted by atomic mass is 32.1. The van der Waals surface area contributed by atoms with Gasteiger partial charge in [0.05, 0.1) is 11.1 Å². The van der Waals surface area contributed by atoms with Gasteiger partial charge in [0.15, 0.2) is 0 Å². The number of hydrogen-bond donors (Lipinski definition) is 1. The Morgan fingerprint density at radius 2 is 2.33 bits per heavy atom. The van der Waals surface area contributed by atoms with Gasteiger partial charge in [0, 0.05) is 10.3 Å². The zero-order valence-corrected chi connectivity index (χ0v) is 7.53. The van der Waals surface area contributed by atoms with Gasteiger partial charge >= 0.3 is 0 Å². The second-order valence-corrected chi connectivity index (χ2v) is 4.23. The maximum atomic E-state index is 8.62. The molecule has 1 aliphatic carbocycles. The third-order valence-corrected chi connectivity index (χ3v) is 3.62. The first-order valence-corrected chi connectivity index (χ1v) is 4.90. The highest BCUT2D eigenvalue weighted by Gasteiger charge is 2.35. The van der Waals surface area contributed by atoms with Crippen molar-refractivity contribution in [2.45, 2.75) is 24.8 Å². The first kappa shape index (κ1) is 7.78. The van der Waals surface area contributed by atoms with Crippen LogP contribution in [0.3, 0.4) is 0 Å². The molecule has 0 bridgehead atoms. The van der Waals surface area contributed by atoms with E-state index in [1.165, 1.54) is 11.3 Å².